The van der Waals surface area contributed by atoms with Crippen LogP contribution in [0.1, 0.15) is 49.9 Å². The highest BCUT2D eigenvalue weighted by Gasteiger charge is 2.32. The van der Waals surface area contributed by atoms with Gasteiger partial charge in [-0.25, -0.2) is 0 Å². The number of hydrogen-bond acceptors (Lipinski definition) is 3. The molecule has 1 amide bonds. The largest absolute Gasteiger partial charge is 0.494 e. The zero-order valence-corrected chi connectivity index (χ0v) is 12.4. The van der Waals surface area contributed by atoms with Crippen molar-refractivity contribution in [2.45, 2.75) is 45.6 Å². The van der Waals surface area contributed by atoms with E-state index in [1.165, 1.54) is 0 Å². The van der Waals surface area contributed by atoms with E-state index in [2.05, 4.69) is 6.92 Å². The Hall–Kier alpha value is -1.71. The van der Waals surface area contributed by atoms with Crippen LogP contribution in [0.25, 0.3) is 0 Å². The lowest BCUT2D eigenvalue weighted by molar-refractivity contribution is 0.0740. The highest BCUT2D eigenvalue weighted by molar-refractivity contribution is 5.96. The summed E-state index contributed by atoms with van der Waals surface area (Å²) in [7, 11) is 0. The first kappa shape index (κ1) is 14.7. The normalized spacial score (nSPS) is 14.1. The Labute approximate surface area is 120 Å². The van der Waals surface area contributed by atoms with E-state index in [0.717, 1.165) is 32.2 Å². The van der Waals surface area contributed by atoms with Crippen molar-refractivity contribution in [3.63, 3.8) is 0 Å². The standard InChI is InChI=1S/C16H24N2O2/c1-3-5-8-18(14-6-7-14)16(19)12-9-13(17)11-15(10-12)20-4-2/h9-11,14H,3-8,17H2,1-2H3. The third-order valence-electron chi connectivity index (χ3n) is 3.49. The fourth-order valence-corrected chi connectivity index (χ4v) is 2.33. The maximum absolute atomic E-state index is 12.7. The van der Waals surface area contributed by atoms with Crippen molar-refractivity contribution < 1.29 is 9.53 Å². The summed E-state index contributed by atoms with van der Waals surface area (Å²) in [5.41, 5.74) is 7.08. The van der Waals surface area contributed by atoms with Gasteiger partial charge in [0.05, 0.1) is 6.61 Å². The zero-order chi connectivity index (χ0) is 14.5. The molecule has 20 heavy (non-hydrogen) atoms. The van der Waals surface area contributed by atoms with E-state index in [9.17, 15) is 4.79 Å². The Kier molecular flexibility index (Phi) is 4.88. The van der Waals surface area contributed by atoms with E-state index in [1.54, 1.807) is 18.2 Å². The first-order valence-electron chi connectivity index (χ1n) is 7.50. The number of anilines is 1. The number of benzene rings is 1. The van der Waals surface area contributed by atoms with Gasteiger partial charge in [-0.05, 0) is 38.3 Å². The van der Waals surface area contributed by atoms with Crippen LogP contribution in [-0.4, -0.2) is 30.0 Å². The number of carbonyl (C=O) groups is 1. The van der Waals surface area contributed by atoms with Gasteiger partial charge in [0.25, 0.3) is 5.91 Å². The second-order valence-electron chi connectivity index (χ2n) is 5.31. The predicted molar refractivity (Wildman–Crippen MR) is 81.0 cm³/mol. The van der Waals surface area contributed by atoms with Crippen LogP contribution in [0.4, 0.5) is 5.69 Å². The number of carbonyl (C=O) groups excluding carboxylic acids is 1. The molecule has 1 saturated carbocycles. The molecule has 0 unspecified atom stereocenters. The monoisotopic (exact) mass is 276 g/mol. The highest BCUT2D eigenvalue weighted by atomic mass is 16.5. The second kappa shape index (κ2) is 6.64. The van der Waals surface area contributed by atoms with Gasteiger partial charge in [0.1, 0.15) is 5.75 Å². The molecular formula is C16H24N2O2. The topological polar surface area (TPSA) is 55.6 Å². The lowest BCUT2D eigenvalue weighted by atomic mass is 10.1. The molecule has 1 aromatic carbocycles. The van der Waals surface area contributed by atoms with Gasteiger partial charge in [-0.2, -0.15) is 0 Å². The number of nitrogens with zero attached hydrogens (tertiary/aromatic N) is 1. The van der Waals surface area contributed by atoms with Gasteiger partial charge in [0.15, 0.2) is 0 Å². The Morgan fingerprint density at radius 2 is 2.10 bits per heavy atom. The molecule has 0 bridgehead atoms. The molecule has 2 rings (SSSR count). The summed E-state index contributed by atoms with van der Waals surface area (Å²) in [6, 6.07) is 5.72. The van der Waals surface area contributed by atoms with Crippen molar-refractivity contribution in [1.82, 2.24) is 4.90 Å². The molecule has 0 atom stereocenters. The quantitative estimate of drug-likeness (QED) is 0.779. The van der Waals surface area contributed by atoms with Crippen LogP contribution in [-0.2, 0) is 0 Å². The van der Waals surface area contributed by atoms with E-state index < -0.39 is 0 Å². The summed E-state index contributed by atoms with van der Waals surface area (Å²) in [5.74, 6) is 0.747. The van der Waals surface area contributed by atoms with Crippen LogP contribution in [0.2, 0.25) is 0 Å². The summed E-state index contributed by atoms with van der Waals surface area (Å²) >= 11 is 0. The molecule has 0 aliphatic heterocycles. The summed E-state index contributed by atoms with van der Waals surface area (Å²) in [5, 5.41) is 0. The Balaban J connectivity index is 2.17. The van der Waals surface area contributed by atoms with E-state index in [-0.39, 0.29) is 5.91 Å². The molecule has 1 aliphatic rings. The average molecular weight is 276 g/mol. The lowest BCUT2D eigenvalue weighted by Gasteiger charge is -2.22. The second-order valence-corrected chi connectivity index (χ2v) is 5.31. The average Bonchev–Trinajstić information content (AvgIpc) is 3.23. The van der Waals surface area contributed by atoms with Crippen LogP contribution in [0.5, 0.6) is 5.75 Å². The number of nitrogen functional groups attached to an aromatic ring is 1. The van der Waals surface area contributed by atoms with Crippen molar-refractivity contribution >= 4 is 11.6 Å². The third kappa shape index (κ3) is 3.65. The minimum Gasteiger partial charge on any atom is -0.494 e. The number of amides is 1. The van der Waals surface area contributed by atoms with Gasteiger partial charge in [-0.1, -0.05) is 13.3 Å². The van der Waals surface area contributed by atoms with Crippen molar-refractivity contribution in [3.8, 4) is 5.75 Å². The minimum atomic E-state index is 0.0780. The molecule has 1 aliphatic carbocycles. The Morgan fingerprint density at radius 3 is 2.70 bits per heavy atom. The van der Waals surface area contributed by atoms with E-state index in [1.807, 2.05) is 11.8 Å². The van der Waals surface area contributed by atoms with E-state index in [4.69, 9.17) is 10.5 Å². The van der Waals surface area contributed by atoms with Gasteiger partial charge >= 0.3 is 0 Å². The molecule has 1 aromatic rings. The number of ether oxygens (including phenoxy) is 1. The fraction of sp³-hybridized carbons (Fsp3) is 0.562. The molecule has 0 heterocycles. The van der Waals surface area contributed by atoms with Gasteiger partial charge in [-0.3, -0.25) is 4.79 Å². The minimum absolute atomic E-state index is 0.0780. The van der Waals surface area contributed by atoms with Crippen molar-refractivity contribution in [2.75, 3.05) is 18.9 Å². The van der Waals surface area contributed by atoms with Gasteiger partial charge in [-0.15, -0.1) is 0 Å². The number of hydrogen-bond donors (Lipinski definition) is 1. The van der Waals surface area contributed by atoms with Crippen LogP contribution < -0.4 is 10.5 Å². The van der Waals surface area contributed by atoms with Gasteiger partial charge in [0, 0.05) is 29.9 Å². The molecule has 0 saturated heterocycles. The maximum Gasteiger partial charge on any atom is 0.254 e. The van der Waals surface area contributed by atoms with Gasteiger partial charge in [0.2, 0.25) is 0 Å². The zero-order valence-electron chi connectivity index (χ0n) is 12.4. The Morgan fingerprint density at radius 1 is 1.35 bits per heavy atom. The summed E-state index contributed by atoms with van der Waals surface area (Å²) in [6.45, 7) is 5.46. The maximum atomic E-state index is 12.7. The molecular weight excluding hydrogens is 252 g/mol. The molecule has 0 aromatic heterocycles. The van der Waals surface area contributed by atoms with E-state index >= 15 is 0 Å². The smallest absolute Gasteiger partial charge is 0.254 e. The van der Waals surface area contributed by atoms with Crippen LogP contribution in [0.15, 0.2) is 18.2 Å². The van der Waals surface area contributed by atoms with Crippen LogP contribution >= 0.6 is 0 Å². The number of rotatable bonds is 7. The van der Waals surface area contributed by atoms with Crippen molar-refractivity contribution in [2.24, 2.45) is 0 Å². The molecule has 4 nitrogen and oxygen atoms in total. The molecule has 2 N–H and O–H groups in total. The van der Waals surface area contributed by atoms with Crippen molar-refractivity contribution in [3.05, 3.63) is 23.8 Å². The van der Waals surface area contributed by atoms with Crippen molar-refractivity contribution in [1.29, 1.82) is 0 Å². The first-order valence-corrected chi connectivity index (χ1v) is 7.50. The van der Waals surface area contributed by atoms with E-state index in [0.29, 0.717) is 29.6 Å². The summed E-state index contributed by atoms with van der Waals surface area (Å²) in [4.78, 5) is 14.6. The highest BCUT2D eigenvalue weighted by Crippen LogP contribution is 2.30. The third-order valence-corrected chi connectivity index (χ3v) is 3.49. The summed E-state index contributed by atoms with van der Waals surface area (Å²) in [6.07, 6.45) is 4.38. The van der Waals surface area contributed by atoms with Crippen LogP contribution in [0, 0.1) is 0 Å². The molecule has 1 fully saturated rings. The summed E-state index contributed by atoms with van der Waals surface area (Å²) < 4.78 is 5.46. The predicted octanol–water partition coefficient (Wildman–Crippen LogP) is 3.07. The fourth-order valence-electron chi connectivity index (χ4n) is 2.33. The number of unbranched alkanes of at least 4 members (excludes halogenated alkanes) is 1. The molecule has 110 valence electrons. The molecule has 0 radical (unpaired) electrons. The lowest BCUT2D eigenvalue weighted by Crippen LogP contribution is -2.34. The first-order chi connectivity index (χ1) is 9.65. The van der Waals surface area contributed by atoms with Gasteiger partial charge < -0.3 is 15.4 Å². The Bertz CT molecular complexity index is 470. The molecule has 0 spiro atoms. The number of nitrogens with two attached hydrogens (primary N) is 1. The SMILES string of the molecule is CCCCN(C(=O)c1cc(N)cc(OCC)c1)C1CC1. The van der Waals surface area contributed by atoms with Crippen LogP contribution in [0.3, 0.4) is 0 Å². The molecule has 4 heteroatoms.